The Morgan fingerprint density at radius 2 is 2.30 bits per heavy atom. The van der Waals surface area contributed by atoms with Crippen LogP contribution in [0.25, 0.3) is 0 Å². The van der Waals surface area contributed by atoms with E-state index in [1.165, 1.54) is 12.8 Å². The lowest BCUT2D eigenvalue weighted by atomic mass is 10.0. The summed E-state index contributed by atoms with van der Waals surface area (Å²) in [4.78, 5) is 0. The van der Waals surface area contributed by atoms with Gasteiger partial charge in [0.05, 0.1) is 0 Å². The smallest absolute Gasteiger partial charge is 0.0102 e. The largest absolute Gasteiger partial charge is 0.366 e. The van der Waals surface area contributed by atoms with Crippen LogP contribution in [0.15, 0.2) is 25.1 Å². The van der Waals surface area contributed by atoms with Gasteiger partial charge < -0.3 is 5.32 Å². The van der Waals surface area contributed by atoms with Gasteiger partial charge in [0.2, 0.25) is 0 Å². The monoisotopic (exact) mass is 139 g/mol. The maximum Gasteiger partial charge on any atom is 0.0102 e. The van der Waals surface area contributed by atoms with Crippen LogP contribution in [0, 0.1) is 5.92 Å². The minimum absolute atomic E-state index is 0.558. The molecule has 1 unspecified atom stereocenters. The van der Waals surface area contributed by atoms with Crippen LogP contribution < -0.4 is 5.32 Å². The fourth-order valence-electron chi connectivity index (χ4n) is 0.881. The number of allylic oxidation sites excluding steroid dienone is 1. The molecule has 0 fully saturated rings. The highest BCUT2D eigenvalue weighted by Gasteiger charge is 2.01. The van der Waals surface area contributed by atoms with Gasteiger partial charge in [-0.25, -0.2) is 0 Å². The van der Waals surface area contributed by atoms with Gasteiger partial charge in [0.25, 0.3) is 0 Å². The molecule has 0 spiro atoms. The van der Waals surface area contributed by atoms with E-state index in [1.807, 2.05) is 0 Å². The predicted molar refractivity (Wildman–Crippen MR) is 46.5 cm³/mol. The summed E-state index contributed by atoms with van der Waals surface area (Å²) in [5, 5.41) is 3.00. The van der Waals surface area contributed by atoms with Gasteiger partial charge in [0.1, 0.15) is 0 Å². The van der Waals surface area contributed by atoms with Crippen molar-refractivity contribution in [3.05, 3.63) is 25.1 Å². The summed E-state index contributed by atoms with van der Waals surface area (Å²) in [7, 11) is 0. The van der Waals surface area contributed by atoms with Crippen molar-refractivity contribution in [1.29, 1.82) is 0 Å². The van der Waals surface area contributed by atoms with Crippen molar-refractivity contribution in [2.45, 2.75) is 26.7 Å². The molecule has 10 heavy (non-hydrogen) atoms. The molecule has 58 valence electrons. The van der Waals surface area contributed by atoms with Crippen LogP contribution in [0.5, 0.6) is 0 Å². The van der Waals surface area contributed by atoms with Crippen LogP contribution in [0.4, 0.5) is 0 Å². The second kappa shape index (κ2) is 5.10. The molecule has 0 bridgehead atoms. The third-order valence-electron chi connectivity index (χ3n) is 1.60. The zero-order chi connectivity index (χ0) is 7.98. The van der Waals surface area contributed by atoms with Crippen molar-refractivity contribution in [2.75, 3.05) is 0 Å². The molecular formula is C9H17N. The Labute approximate surface area is 63.8 Å². The third kappa shape index (κ3) is 3.33. The molecule has 0 aliphatic heterocycles. The number of hydrogen-bond acceptors (Lipinski definition) is 1. The van der Waals surface area contributed by atoms with Crippen molar-refractivity contribution < 1.29 is 0 Å². The molecule has 1 nitrogen and oxygen atoms in total. The Bertz CT molecular complexity index is 116. The van der Waals surface area contributed by atoms with Crippen molar-refractivity contribution in [3.8, 4) is 0 Å². The molecule has 0 aromatic carbocycles. The highest BCUT2D eigenvalue weighted by atomic mass is 14.8. The van der Waals surface area contributed by atoms with Crippen LogP contribution in [0.1, 0.15) is 26.7 Å². The second-order valence-electron chi connectivity index (χ2n) is 2.56. The predicted octanol–water partition coefficient (Wildman–Crippen LogP) is 2.67. The molecule has 0 aliphatic rings. The molecule has 0 saturated carbocycles. The topological polar surface area (TPSA) is 12.0 Å². The van der Waals surface area contributed by atoms with E-state index in [0.717, 1.165) is 5.70 Å². The molecule has 0 saturated heterocycles. The van der Waals surface area contributed by atoms with E-state index in [4.69, 9.17) is 0 Å². The number of nitrogens with one attached hydrogen (secondary N) is 1. The average molecular weight is 139 g/mol. The Balaban J connectivity index is 3.58. The van der Waals surface area contributed by atoms with Crippen LogP contribution in [-0.4, -0.2) is 0 Å². The second-order valence-corrected chi connectivity index (χ2v) is 2.56. The van der Waals surface area contributed by atoms with Gasteiger partial charge in [-0.2, -0.15) is 0 Å². The Hall–Kier alpha value is -0.720. The van der Waals surface area contributed by atoms with Gasteiger partial charge in [0.15, 0.2) is 0 Å². The van der Waals surface area contributed by atoms with Gasteiger partial charge in [-0.1, -0.05) is 33.4 Å². The molecule has 1 heteroatoms. The molecule has 1 N–H and O–H groups in total. The van der Waals surface area contributed by atoms with Gasteiger partial charge >= 0.3 is 0 Å². The maximum absolute atomic E-state index is 3.88. The van der Waals surface area contributed by atoms with E-state index in [1.54, 1.807) is 6.20 Å². The van der Waals surface area contributed by atoms with Crippen LogP contribution >= 0.6 is 0 Å². The fourth-order valence-corrected chi connectivity index (χ4v) is 0.881. The molecular weight excluding hydrogens is 122 g/mol. The maximum atomic E-state index is 3.88. The molecule has 0 aromatic rings. The molecule has 0 rings (SSSR count). The fraction of sp³-hybridized carbons (Fsp3) is 0.556. The van der Waals surface area contributed by atoms with Crippen molar-refractivity contribution >= 4 is 0 Å². The quantitative estimate of drug-likeness (QED) is 0.617. The lowest BCUT2D eigenvalue weighted by molar-refractivity contribution is 0.579. The van der Waals surface area contributed by atoms with E-state index in [2.05, 4.69) is 32.3 Å². The van der Waals surface area contributed by atoms with Crippen LogP contribution in [0.3, 0.4) is 0 Å². The van der Waals surface area contributed by atoms with Gasteiger partial charge in [-0.3, -0.25) is 0 Å². The summed E-state index contributed by atoms with van der Waals surface area (Å²) in [5.41, 5.74) is 1.07. The standard InChI is InChI=1S/C9H17N/c1-5-7-8(3)9(4)10-6-2/h6,8,10H,2,4-5,7H2,1,3H3. The summed E-state index contributed by atoms with van der Waals surface area (Å²) >= 11 is 0. The SMILES string of the molecule is C=CNC(=C)C(C)CCC. The Morgan fingerprint density at radius 1 is 1.70 bits per heavy atom. The van der Waals surface area contributed by atoms with E-state index in [0.29, 0.717) is 5.92 Å². The van der Waals surface area contributed by atoms with E-state index in [-0.39, 0.29) is 0 Å². The molecule has 0 aromatic heterocycles. The first-order valence-corrected chi connectivity index (χ1v) is 3.78. The van der Waals surface area contributed by atoms with Gasteiger partial charge in [0, 0.05) is 5.70 Å². The van der Waals surface area contributed by atoms with Crippen molar-refractivity contribution in [3.63, 3.8) is 0 Å². The van der Waals surface area contributed by atoms with Crippen LogP contribution in [0.2, 0.25) is 0 Å². The molecule has 0 aliphatic carbocycles. The lowest BCUT2D eigenvalue weighted by Gasteiger charge is -2.12. The summed E-state index contributed by atoms with van der Waals surface area (Å²) < 4.78 is 0. The lowest BCUT2D eigenvalue weighted by Crippen LogP contribution is -2.10. The van der Waals surface area contributed by atoms with Crippen molar-refractivity contribution in [2.24, 2.45) is 5.92 Å². The first kappa shape index (κ1) is 9.28. The first-order chi connectivity index (χ1) is 4.72. The third-order valence-corrected chi connectivity index (χ3v) is 1.60. The van der Waals surface area contributed by atoms with E-state index >= 15 is 0 Å². The highest BCUT2D eigenvalue weighted by molar-refractivity contribution is 4.99. The normalized spacial score (nSPS) is 12.2. The minimum atomic E-state index is 0.558. The Morgan fingerprint density at radius 3 is 2.70 bits per heavy atom. The molecule has 0 amide bonds. The molecule has 0 radical (unpaired) electrons. The summed E-state index contributed by atoms with van der Waals surface area (Å²) in [6, 6.07) is 0. The average Bonchev–Trinajstić information content (AvgIpc) is 1.89. The molecule has 0 heterocycles. The minimum Gasteiger partial charge on any atom is -0.366 e. The van der Waals surface area contributed by atoms with Gasteiger partial charge in [-0.15, -0.1) is 0 Å². The summed E-state index contributed by atoms with van der Waals surface area (Å²) in [5.74, 6) is 0.558. The Kier molecular flexibility index (Phi) is 4.73. The molecule has 1 atom stereocenters. The van der Waals surface area contributed by atoms with Gasteiger partial charge in [-0.05, 0) is 18.5 Å². The van der Waals surface area contributed by atoms with Crippen LogP contribution in [-0.2, 0) is 0 Å². The zero-order valence-electron chi connectivity index (χ0n) is 6.98. The van der Waals surface area contributed by atoms with Crippen molar-refractivity contribution in [1.82, 2.24) is 5.32 Å². The van der Waals surface area contributed by atoms with E-state index in [9.17, 15) is 0 Å². The number of hydrogen-bond donors (Lipinski definition) is 1. The zero-order valence-corrected chi connectivity index (χ0v) is 6.98. The summed E-state index contributed by atoms with van der Waals surface area (Å²) in [6.07, 6.45) is 4.08. The number of rotatable bonds is 5. The van der Waals surface area contributed by atoms with E-state index < -0.39 is 0 Å². The summed E-state index contributed by atoms with van der Waals surface area (Å²) in [6.45, 7) is 11.8. The highest BCUT2D eigenvalue weighted by Crippen LogP contribution is 2.11. The first-order valence-electron chi connectivity index (χ1n) is 3.78.